The third kappa shape index (κ3) is 2.85. The van der Waals surface area contributed by atoms with Gasteiger partial charge in [0.1, 0.15) is 0 Å². The Hall–Kier alpha value is -0.823. The second-order valence-corrected chi connectivity index (χ2v) is 10.1. The molecular weight excluding hydrogens is 208 g/mol. The number of allylic oxidation sites excluding steroid dienone is 2. The molecule has 1 aromatic rings. The summed E-state index contributed by atoms with van der Waals surface area (Å²) in [6.07, 6.45) is 4.62. The second kappa shape index (κ2) is 5.49. The van der Waals surface area contributed by atoms with Crippen molar-refractivity contribution in [1.82, 2.24) is 0 Å². The molecule has 0 aromatic heterocycles. The Kier molecular flexibility index (Phi) is 4.54. The summed E-state index contributed by atoms with van der Waals surface area (Å²) >= 11 is 0. The molecule has 0 saturated heterocycles. The van der Waals surface area contributed by atoms with Crippen molar-refractivity contribution in [2.75, 3.05) is 0 Å². The highest BCUT2D eigenvalue weighted by atomic mass is 28.3. The Morgan fingerprint density at radius 3 is 2.06 bits per heavy atom. The zero-order valence-corrected chi connectivity index (χ0v) is 12.2. The minimum absolute atomic E-state index is 0.720. The third-order valence-electron chi connectivity index (χ3n) is 3.47. The number of rotatable bonds is 4. The lowest BCUT2D eigenvalue weighted by molar-refractivity contribution is 0.646. The SMILES string of the molecule is C/C=C\[C@H](C(C)C)[Si](C)(C)c1ccccc1. The highest BCUT2D eigenvalue weighted by Crippen LogP contribution is 2.31. The molecule has 0 aliphatic heterocycles. The van der Waals surface area contributed by atoms with Gasteiger partial charge in [0.2, 0.25) is 0 Å². The van der Waals surface area contributed by atoms with Crippen LogP contribution >= 0.6 is 0 Å². The predicted octanol–water partition coefficient (Wildman–Crippen LogP) is 4.20. The fourth-order valence-corrected chi connectivity index (χ4v) is 6.34. The van der Waals surface area contributed by atoms with Gasteiger partial charge in [0.25, 0.3) is 0 Å². The molecular formula is C15H24Si. The van der Waals surface area contributed by atoms with Crippen molar-refractivity contribution in [2.45, 2.75) is 39.4 Å². The molecule has 88 valence electrons. The molecule has 0 fully saturated rings. The molecule has 1 atom stereocenters. The van der Waals surface area contributed by atoms with Crippen LogP contribution in [0.5, 0.6) is 0 Å². The van der Waals surface area contributed by atoms with E-state index in [0.717, 1.165) is 11.5 Å². The molecule has 0 radical (unpaired) electrons. The summed E-state index contributed by atoms with van der Waals surface area (Å²) in [7, 11) is -1.38. The third-order valence-corrected chi connectivity index (χ3v) is 7.82. The molecule has 0 N–H and O–H groups in total. The van der Waals surface area contributed by atoms with Crippen LogP contribution in [0.4, 0.5) is 0 Å². The molecule has 0 saturated carbocycles. The molecule has 0 bridgehead atoms. The van der Waals surface area contributed by atoms with Crippen LogP contribution in [0.2, 0.25) is 18.6 Å². The molecule has 0 amide bonds. The number of hydrogen-bond acceptors (Lipinski definition) is 0. The zero-order valence-electron chi connectivity index (χ0n) is 11.2. The van der Waals surface area contributed by atoms with Gasteiger partial charge in [-0.1, -0.05) is 74.6 Å². The van der Waals surface area contributed by atoms with Crippen molar-refractivity contribution < 1.29 is 0 Å². The van der Waals surface area contributed by atoms with Gasteiger partial charge in [0, 0.05) is 0 Å². The average molecular weight is 232 g/mol. The Balaban J connectivity index is 3.07. The first-order valence-corrected chi connectivity index (χ1v) is 9.26. The summed E-state index contributed by atoms with van der Waals surface area (Å²) in [6, 6.07) is 11.0. The minimum atomic E-state index is -1.38. The molecule has 0 unspecified atom stereocenters. The first-order valence-electron chi connectivity index (χ1n) is 6.18. The van der Waals surface area contributed by atoms with Gasteiger partial charge in [-0.3, -0.25) is 0 Å². The van der Waals surface area contributed by atoms with Gasteiger partial charge in [0.05, 0.1) is 8.07 Å². The highest BCUT2D eigenvalue weighted by molar-refractivity contribution is 6.91. The molecule has 1 heteroatoms. The molecule has 0 spiro atoms. The summed E-state index contributed by atoms with van der Waals surface area (Å²) in [5.74, 6) is 0.720. The van der Waals surface area contributed by atoms with Crippen molar-refractivity contribution >= 4 is 13.3 Å². The minimum Gasteiger partial charge on any atom is -0.0917 e. The van der Waals surface area contributed by atoms with Crippen molar-refractivity contribution in [1.29, 1.82) is 0 Å². The summed E-state index contributed by atoms with van der Waals surface area (Å²) in [5.41, 5.74) is 0.722. The Bertz CT molecular complexity index is 336. The normalized spacial score (nSPS) is 14.6. The van der Waals surface area contributed by atoms with Crippen LogP contribution in [0.15, 0.2) is 42.5 Å². The van der Waals surface area contributed by atoms with Crippen LogP contribution in [0.1, 0.15) is 20.8 Å². The average Bonchev–Trinajstić information content (AvgIpc) is 2.26. The van der Waals surface area contributed by atoms with Gasteiger partial charge in [-0.25, -0.2) is 0 Å². The maximum Gasteiger partial charge on any atom is 0.0876 e. The van der Waals surface area contributed by atoms with Gasteiger partial charge in [-0.15, -0.1) is 0 Å². The number of hydrogen-bond donors (Lipinski definition) is 0. The fraction of sp³-hybridized carbons (Fsp3) is 0.467. The van der Waals surface area contributed by atoms with E-state index in [1.807, 2.05) is 0 Å². The lowest BCUT2D eigenvalue weighted by Crippen LogP contribution is -2.47. The van der Waals surface area contributed by atoms with E-state index in [1.54, 1.807) is 5.19 Å². The van der Waals surface area contributed by atoms with E-state index < -0.39 is 8.07 Å². The topological polar surface area (TPSA) is 0 Å². The van der Waals surface area contributed by atoms with Gasteiger partial charge in [-0.2, -0.15) is 0 Å². The molecule has 1 aromatic carbocycles. The molecule has 16 heavy (non-hydrogen) atoms. The van der Waals surface area contributed by atoms with Gasteiger partial charge in [0.15, 0.2) is 0 Å². The van der Waals surface area contributed by atoms with Crippen LogP contribution in [0.3, 0.4) is 0 Å². The largest absolute Gasteiger partial charge is 0.0917 e. The monoisotopic (exact) mass is 232 g/mol. The summed E-state index contributed by atoms with van der Waals surface area (Å²) in [5, 5.41) is 1.56. The molecule has 0 nitrogen and oxygen atoms in total. The van der Waals surface area contributed by atoms with Crippen LogP contribution in [0.25, 0.3) is 0 Å². The molecule has 0 aliphatic carbocycles. The van der Waals surface area contributed by atoms with Crippen molar-refractivity contribution in [2.24, 2.45) is 5.92 Å². The van der Waals surface area contributed by atoms with E-state index in [9.17, 15) is 0 Å². The standard InChI is InChI=1S/C15H24Si/c1-6-10-15(13(2)3)16(4,5)14-11-8-7-9-12-14/h6-13,15H,1-5H3/b10-6-/t15-/m1/s1. The molecule has 0 heterocycles. The van der Waals surface area contributed by atoms with Crippen LogP contribution in [-0.4, -0.2) is 8.07 Å². The van der Waals surface area contributed by atoms with Crippen molar-refractivity contribution in [3.63, 3.8) is 0 Å². The zero-order chi connectivity index (χ0) is 12.2. The van der Waals surface area contributed by atoms with Crippen molar-refractivity contribution in [3.05, 3.63) is 42.5 Å². The lowest BCUT2D eigenvalue weighted by Gasteiger charge is -2.34. The second-order valence-electron chi connectivity index (χ2n) is 5.38. The Morgan fingerprint density at radius 1 is 1.06 bits per heavy atom. The first kappa shape index (κ1) is 13.2. The van der Waals surface area contributed by atoms with E-state index >= 15 is 0 Å². The maximum atomic E-state index is 2.48. The highest BCUT2D eigenvalue weighted by Gasteiger charge is 2.33. The molecule has 1 rings (SSSR count). The fourth-order valence-electron chi connectivity index (χ4n) is 2.56. The van der Waals surface area contributed by atoms with E-state index in [-0.39, 0.29) is 0 Å². The number of benzene rings is 1. The van der Waals surface area contributed by atoms with Gasteiger partial charge >= 0.3 is 0 Å². The Labute approximate surface area is 101 Å². The molecule has 0 aliphatic rings. The summed E-state index contributed by atoms with van der Waals surface area (Å²) in [6.45, 7) is 11.8. The summed E-state index contributed by atoms with van der Waals surface area (Å²) in [4.78, 5) is 0. The van der Waals surface area contributed by atoms with E-state index in [0.29, 0.717) is 0 Å². The van der Waals surface area contributed by atoms with E-state index in [2.05, 4.69) is 76.3 Å². The van der Waals surface area contributed by atoms with Crippen LogP contribution in [-0.2, 0) is 0 Å². The van der Waals surface area contributed by atoms with Crippen LogP contribution < -0.4 is 5.19 Å². The lowest BCUT2D eigenvalue weighted by atomic mass is 10.1. The van der Waals surface area contributed by atoms with Crippen LogP contribution in [0, 0.1) is 5.92 Å². The van der Waals surface area contributed by atoms with Gasteiger partial charge in [-0.05, 0) is 18.4 Å². The van der Waals surface area contributed by atoms with Crippen molar-refractivity contribution in [3.8, 4) is 0 Å². The first-order chi connectivity index (χ1) is 7.50. The quantitative estimate of drug-likeness (QED) is 0.539. The Morgan fingerprint density at radius 2 is 1.62 bits per heavy atom. The smallest absolute Gasteiger partial charge is 0.0876 e. The summed E-state index contributed by atoms with van der Waals surface area (Å²) < 4.78 is 0. The maximum absolute atomic E-state index is 2.48. The van der Waals surface area contributed by atoms with E-state index in [1.165, 1.54) is 0 Å². The van der Waals surface area contributed by atoms with Gasteiger partial charge < -0.3 is 0 Å². The predicted molar refractivity (Wildman–Crippen MR) is 77.0 cm³/mol. The van der Waals surface area contributed by atoms with E-state index in [4.69, 9.17) is 0 Å².